The van der Waals surface area contributed by atoms with Crippen LogP contribution in [0, 0.1) is 17.8 Å². The maximum atomic E-state index is 11.9. The molecule has 0 aliphatic rings. The summed E-state index contributed by atoms with van der Waals surface area (Å²) in [5.41, 5.74) is 5.52. The van der Waals surface area contributed by atoms with Crippen LogP contribution in [0.3, 0.4) is 0 Å². The van der Waals surface area contributed by atoms with Crippen LogP contribution in [-0.2, 0) is 19.1 Å². The summed E-state index contributed by atoms with van der Waals surface area (Å²) >= 11 is 0. The minimum absolute atomic E-state index is 0. The van der Waals surface area contributed by atoms with Crippen molar-refractivity contribution in [1.82, 2.24) is 0 Å². The van der Waals surface area contributed by atoms with Crippen molar-refractivity contribution in [3.63, 3.8) is 0 Å². The molecule has 0 aromatic rings. The minimum Gasteiger partial charge on any atom is -0.468 e. The molecule has 2 N–H and O–H groups in total. The van der Waals surface area contributed by atoms with Crippen LogP contribution in [0.4, 0.5) is 0 Å². The number of carbonyl (C=O) groups is 2. The first-order chi connectivity index (χ1) is 9.81. The first-order valence-corrected chi connectivity index (χ1v) is 7.81. The van der Waals surface area contributed by atoms with E-state index in [4.69, 9.17) is 10.5 Å². The van der Waals surface area contributed by atoms with E-state index < -0.39 is 12.0 Å². The lowest BCUT2D eigenvalue weighted by Crippen LogP contribution is -2.37. The molecule has 0 bridgehead atoms. The fourth-order valence-electron chi connectivity index (χ4n) is 2.63. The molecule has 0 aromatic carbocycles. The monoisotopic (exact) mass is 337 g/mol. The Labute approximate surface area is 140 Å². The summed E-state index contributed by atoms with van der Waals surface area (Å²) in [7, 11) is 1.26. The van der Waals surface area contributed by atoms with Gasteiger partial charge in [0, 0.05) is 0 Å². The van der Waals surface area contributed by atoms with Gasteiger partial charge in [-0.05, 0) is 24.7 Å². The van der Waals surface area contributed by atoms with Crippen LogP contribution in [0.1, 0.15) is 53.4 Å². The minimum atomic E-state index is -0.909. The van der Waals surface area contributed by atoms with E-state index in [9.17, 15) is 9.59 Å². The molecule has 5 nitrogen and oxygen atoms in total. The smallest absolute Gasteiger partial charge is 0.326 e. The van der Waals surface area contributed by atoms with Gasteiger partial charge in [0.15, 0.2) is 0 Å². The van der Waals surface area contributed by atoms with Gasteiger partial charge in [-0.15, -0.1) is 12.4 Å². The molecule has 0 saturated heterocycles. The summed E-state index contributed by atoms with van der Waals surface area (Å²) in [4.78, 5) is 23.0. The molecule has 132 valence electrons. The summed E-state index contributed by atoms with van der Waals surface area (Å²) in [6.07, 6.45) is 4.32. The number of methoxy groups -OCH3 is 1. The molecule has 4 atom stereocenters. The van der Waals surface area contributed by atoms with E-state index >= 15 is 0 Å². The molecule has 0 aliphatic heterocycles. The summed E-state index contributed by atoms with van der Waals surface area (Å²) in [6, 6.07) is -0.909. The second-order valence-electron chi connectivity index (χ2n) is 6.13. The molecule has 6 heteroatoms. The van der Waals surface area contributed by atoms with Gasteiger partial charge >= 0.3 is 11.9 Å². The third-order valence-corrected chi connectivity index (χ3v) is 3.65. The number of esters is 2. The zero-order chi connectivity index (χ0) is 16.4. The van der Waals surface area contributed by atoms with E-state index in [1.807, 2.05) is 6.92 Å². The van der Waals surface area contributed by atoms with Gasteiger partial charge in [-0.3, -0.25) is 9.59 Å². The van der Waals surface area contributed by atoms with E-state index in [2.05, 4.69) is 25.5 Å². The highest BCUT2D eigenvalue weighted by molar-refractivity contribution is 5.85. The Morgan fingerprint density at radius 2 is 1.64 bits per heavy atom. The Morgan fingerprint density at radius 1 is 1.05 bits per heavy atom. The van der Waals surface area contributed by atoms with Gasteiger partial charge in [0.05, 0.1) is 13.0 Å². The summed E-state index contributed by atoms with van der Waals surface area (Å²) in [6.45, 7) is 8.32. The number of rotatable bonds is 10. The van der Waals surface area contributed by atoms with Crippen LogP contribution >= 0.6 is 12.4 Å². The van der Waals surface area contributed by atoms with Crippen molar-refractivity contribution >= 4 is 24.3 Å². The van der Waals surface area contributed by atoms with Crippen LogP contribution in [0.25, 0.3) is 0 Å². The average Bonchev–Trinajstić information content (AvgIpc) is 2.43. The lowest BCUT2D eigenvalue weighted by molar-refractivity contribution is -0.152. The Hall–Kier alpha value is -0.810. The maximum Gasteiger partial charge on any atom is 0.326 e. The standard InChI is InChI=1S/C16H31NO4.ClH/c1-6-7-11(2)8-12(3)9-13(4)15(18)21-10-14(17)16(19)20-5;/h11-14H,6-10,17H2,1-5H3;1H. The lowest BCUT2D eigenvalue weighted by atomic mass is 9.88. The van der Waals surface area contributed by atoms with E-state index in [0.29, 0.717) is 11.8 Å². The summed E-state index contributed by atoms with van der Waals surface area (Å²) in [5.74, 6) is 0.101. The van der Waals surface area contributed by atoms with Crippen molar-refractivity contribution < 1.29 is 19.1 Å². The molecular weight excluding hydrogens is 306 g/mol. The molecule has 0 rings (SSSR count). The third kappa shape index (κ3) is 10.0. The normalized spacial score (nSPS) is 15.9. The molecule has 0 heterocycles. The first-order valence-electron chi connectivity index (χ1n) is 7.81. The van der Waals surface area contributed by atoms with Crippen molar-refractivity contribution in [2.75, 3.05) is 13.7 Å². The molecule has 4 unspecified atom stereocenters. The van der Waals surface area contributed by atoms with E-state index in [0.717, 1.165) is 12.8 Å². The number of ether oxygens (including phenoxy) is 2. The van der Waals surface area contributed by atoms with Crippen LogP contribution in [0.2, 0.25) is 0 Å². The number of hydrogen-bond acceptors (Lipinski definition) is 5. The Kier molecular flexibility index (Phi) is 13.5. The Morgan fingerprint density at radius 3 is 2.14 bits per heavy atom. The second kappa shape index (κ2) is 12.7. The van der Waals surface area contributed by atoms with Gasteiger partial charge in [-0.2, -0.15) is 0 Å². The number of hydrogen-bond donors (Lipinski definition) is 1. The molecule has 0 radical (unpaired) electrons. The van der Waals surface area contributed by atoms with Crippen molar-refractivity contribution in [1.29, 1.82) is 0 Å². The highest BCUT2D eigenvalue weighted by Crippen LogP contribution is 2.23. The highest BCUT2D eigenvalue weighted by Gasteiger charge is 2.21. The average molecular weight is 338 g/mol. The Balaban J connectivity index is 0. The fraction of sp³-hybridized carbons (Fsp3) is 0.875. The maximum absolute atomic E-state index is 11.9. The zero-order valence-electron chi connectivity index (χ0n) is 14.5. The summed E-state index contributed by atoms with van der Waals surface area (Å²) in [5, 5.41) is 0. The van der Waals surface area contributed by atoms with Crippen LogP contribution in [0.15, 0.2) is 0 Å². The van der Waals surface area contributed by atoms with Crippen molar-refractivity contribution in [2.45, 2.75) is 59.4 Å². The van der Waals surface area contributed by atoms with Crippen LogP contribution < -0.4 is 5.73 Å². The quantitative estimate of drug-likeness (QED) is 0.620. The first kappa shape index (κ1) is 23.5. The molecule has 0 aromatic heterocycles. The second-order valence-corrected chi connectivity index (χ2v) is 6.13. The SMILES string of the molecule is CCCC(C)CC(C)CC(C)C(=O)OCC(N)C(=O)OC.Cl. The number of halogens is 1. The molecular formula is C16H32ClNO4. The molecule has 0 amide bonds. The summed E-state index contributed by atoms with van der Waals surface area (Å²) < 4.78 is 9.56. The van der Waals surface area contributed by atoms with Crippen molar-refractivity contribution in [3.8, 4) is 0 Å². The van der Waals surface area contributed by atoms with Gasteiger partial charge in [0.1, 0.15) is 12.6 Å². The number of carbonyl (C=O) groups excluding carboxylic acids is 2. The van der Waals surface area contributed by atoms with Gasteiger partial charge < -0.3 is 15.2 Å². The fourth-order valence-corrected chi connectivity index (χ4v) is 2.63. The van der Waals surface area contributed by atoms with Crippen LogP contribution in [0.5, 0.6) is 0 Å². The zero-order valence-corrected chi connectivity index (χ0v) is 15.3. The van der Waals surface area contributed by atoms with Gasteiger partial charge in [-0.1, -0.05) is 40.5 Å². The van der Waals surface area contributed by atoms with Crippen molar-refractivity contribution in [2.24, 2.45) is 23.5 Å². The predicted octanol–water partition coefficient (Wildman–Crippen LogP) is 2.94. The lowest BCUT2D eigenvalue weighted by Gasteiger charge is -2.20. The van der Waals surface area contributed by atoms with Crippen molar-refractivity contribution in [3.05, 3.63) is 0 Å². The Bertz CT molecular complexity index is 325. The third-order valence-electron chi connectivity index (χ3n) is 3.65. The highest BCUT2D eigenvalue weighted by atomic mass is 35.5. The van der Waals surface area contributed by atoms with Crippen LogP contribution in [-0.4, -0.2) is 31.7 Å². The molecule has 0 fully saturated rings. The van der Waals surface area contributed by atoms with E-state index in [-0.39, 0.29) is 30.9 Å². The largest absolute Gasteiger partial charge is 0.468 e. The van der Waals surface area contributed by atoms with Gasteiger partial charge in [0.25, 0.3) is 0 Å². The molecule has 0 aliphatic carbocycles. The molecule has 22 heavy (non-hydrogen) atoms. The number of nitrogens with two attached hydrogens (primary N) is 1. The van der Waals surface area contributed by atoms with Gasteiger partial charge in [0.2, 0.25) is 0 Å². The predicted molar refractivity (Wildman–Crippen MR) is 89.8 cm³/mol. The van der Waals surface area contributed by atoms with E-state index in [1.165, 1.54) is 20.0 Å². The molecule has 0 saturated carbocycles. The topological polar surface area (TPSA) is 78.6 Å². The van der Waals surface area contributed by atoms with E-state index in [1.54, 1.807) is 0 Å². The molecule has 0 spiro atoms. The van der Waals surface area contributed by atoms with Gasteiger partial charge in [-0.25, -0.2) is 0 Å².